The van der Waals surface area contributed by atoms with Crippen LogP contribution >= 0.6 is 0 Å². The number of urea groups is 1. The van der Waals surface area contributed by atoms with Gasteiger partial charge in [-0.1, -0.05) is 13.8 Å². The van der Waals surface area contributed by atoms with Crippen molar-refractivity contribution in [1.82, 2.24) is 10.2 Å². The number of aliphatic carboxylic acids is 1. The smallest absolute Gasteiger partial charge is 0.328 e. The number of imide groups is 1. The predicted molar refractivity (Wildman–Crippen MR) is 60.2 cm³/mol. The Morgan fingerprint density at radius 1 is 1.18 bits per heavy atom. The van der Waals surface area contributed by atoms with E-state index in [0.717, 1.165) is 6.08 Å². The molecule has 0 saturated carbocycles. The highest BCUT2D eigenvalue weighted by Crippen LogP contribution is 2.21. The molecule has 1 aliphatic heterocycles. The number of amides is 3. The van der Waals surface area contributed by atoms with Gasteiger partial charge in [0, 0.05) is 25.2 Å². The van der Waals surface area contributed by atoms with Gasteiger partial charge in [-0.25, -0.2) is 9.59 Å². The molecule has 2 N–H and O–H groups in total. The van der Waals surface area contributed by atoms with Gasteiger partial charge in [0.15, 0.2) is 0 Å². The van der Waals surface area contributed by atoms with Crippen molar-refractivity contribution >= 4 is 17.9 Å². The van der Waals surface area contributed by atoms with Gasteiger partial charge in [-0.05, 0) is 11.8 Å². The first-order valence-corrected chi connectivity index (χ1v) is 5.41. The molecule has 0 aliphatic carbocycles. The molecule has 2 unspecified atom stereocenters. The first-order chi connectivity index (χ1) is 7.90. The van der Waals surface area contributed by atoms with Crippen LogP contribution in [0.15, 0.2) is 12.2 Å². The van der Waals surface area contributed by atoms with Crippen molar-refractivity contribution in [2.24, 2.45) is 11.8 Å². The largest absolute Gasteiger partial charge is 0.478 e. The minimum absolute atomic E-state index is 0.408. The molecule has 94 valence electrons. The van der Waals surface area contributed by atoms with E-state index in [1.807, 2.05) is 13.8 Å². The lowest BCUT2D eigenvalue weighted by Crippen LogP contribution is -2.41. The van der Waals surface area contributed by atoms with Crippen LogP contribution < -0.4 is 5.32 Å². The van der Waals surface area contributed by atoms with Crippen molar-refractivity contribution in [1.29, 1.82) is 0 Å². The molecule has 1 aliphatic rings. The Balaban J connectivity index is 2.45. The van der Waals surface area contributed by atoms with E-state index in [1.54, 1.807) is 4.90 Å². The van der Waals surface area contributed by atoms with Gasteiger partial charge in [0.05, 0.1) is 0 Å². The van der Waals surface area contributed by atoms with E-state index in [-0.39, 0.29) is 0 Å². The second kappa shape index (κ2) is 5.47. The highest BCUT2D eigenvalue weighted by atomic mass is 16.4. The number of hydrogen-bond donors (Lipinski definition) is 2. The van der Waals surface area contributed by atoms with Crippen LogP contribution in [-0.4, -0.2) is 41.0 Å². The topological polar surface area (TPSA) is 86.7 Å². The summed E-state index contributed by atoms with van der Waals surface area (Å²) in [5, 5.41) is 10.4. The summed E-state index contributed by atoms with van der Waals surface area (Å²) in [4.78, 5) is 34.5. The van der Waals surface area contributed by atoms with Crippen molar-refractivity contribution in [3.05, 3.63) is 12.2 Å². The van der Waals surface area contributed by atoms with E-state index in [4.69, 9.17) is 5.11 Å². The number of carbonyl (C=O) groups is 3. The maximum Gasteiger partial charge on any atom is 0.328 e. The molecule has 1 rings (SSSR count). The van der Waals surface area contributed by atoms with E-state index in [1.165, 1.54) is 0 Å². The quantitative estimate of drug-likeness (QED) is 0.686. The van der Waals surface area contributed by atoms with Gasteiger partial charge in [-0.15, -0.1) is 0 Å². The molecule has 1 heterocycles. The second-order valence-corrected chi connectivity index (χ2v) is 4.33. The van der Waals surface area contributed by atoms with Gasteiger partial charge in [0.25, 0.3) is 5.91 Å². The van der Waals surface area contributed by atoms with Crippen molar-refractivity contribution in [3.8, 4) is 0 Å². The highest BCUT2D eigenvalue weighted by Gasteiger charge is 2.29. The SMILES string of the molecule is CC1CN(C(=O)NC(=O)C=CC(=O)O)CC1C. The number of carboxylic acids is 1. The highest BCUT2D eigenvalue weighted by molar-refractivity contribution is 6.02. The van der Waals surface area contributed by atoms with Gasteiger partial charge in [0.2, 0.25) is 0 Å². The molecule has 2 atom stereocenters. The van der Waals surface area contributed by atoms with Crippen LogP contribution in [0.2, 0.25) is 0 Å². The Hall–Kier alpha value is -1.85. The zero-order valence-electron chi connectivity index (χ0n) is 9.84. The van der Waals surface area contributed by atoms with E-state index in [0.29, 0.717) is 31.0 Å². The van der Waals surface area contributed by atoms with Gasteiger partial charge in [-0.3, -0.25) is 10.1 Å². The summed E-state index contributed by atoms with van der Waals surface area (Å²) in [5.74, 6) is -1.13. The third-order valence-corrected chi connectivity index (χ3v) is 2.88. The number of carboxylic acid groups (broad SMARTS) is 1. The van der Waals surface area contributed by atoms with E-state index in [9.17, 15) is 14.4 Å². The molecule has 0 radical (unpaired) electrons. The second-order valence-electron chi connectivity index (χ2n) is 4.33. The first-order valence-electron chi connectivity index (χ1n) is 5.41. The summed E-state index contributed by atoms with van der Waals surface area (Å²) in [6.45, 7) is 5.32. The molecule has 3 amide bonds. The summed E-state index contributed by atoms with van der Waals surface area (Å²) in [5.41, 5.74) is 0. The third kappa shape index (κ3) is 3.90. The fourth-order valence-electron chi connectivity index (χ4n) is 1.67. The van der Waals surface area contributed by atoms with Crippen LogP contribution in [0, 0.1) is 11.8 Å². The van der Waals surface area contributed by atoms with Crippen molar-refractivity contribution < 1.29 is 19.5 Å². The Morgan fingerprint density at radius 2 is 1.71 bits per heavy atom. The number of carbonyl (C=O) groups excluding carboxylic acids is 2. The fourth-order valence-corrected chi connectivity index (χ4v) is 1.67. The molecular formula is C11H16N2O4. The van der Waals surface area contributed by atoms with Crippen LogP contribution in [0.1, 0.15) is 13.8 Å². The van der Waals surface area contributed by atoms with Crippen molar-refractivity contribution in [3.63, 3.8) is 0 Å². The van der Waals surface area contributed by atoms with Gasteiger partial charge in [0.1, 0.15) is 0 Å². The molecule has 1 fully saturated rings. The molecule has 0 aromatic rings. The summed E-state index contributed by atoms with van der Waals surface area (Å²) in [7, 11) is 0. The molecule has 6 heteroatoms. The summed E-state index contributed by atoms with van der Waals surface area (Å²) >= 11 is 0. The maximum absolute atomic E-state index is 11.6. The molecule has 0 aromatic heterocycles. The van der Waals surface area contributed by atoms with Crippen LogP contribution in [0.25, 0.3) is 0 Å². The number of nitrogens with zero attached hydrogens (tertiary/aromatic N) is 1. The Morgan fingerprint density at radius 3 is 2.18 bits per heavy atom. The average molecular weight is 240 g/mol. The maximum atomic E-state index is 11.6. The van der Waals surface area contributed by atoms with Crippen LogP contribution in [-0.2, 0) is 9.59 Å². The summed E-state index contributed by atoms with van der Waals surface area (Å²) in [6, 6.07) is -0.471. The minimum atomic E-state index is -1.23. The van der Waals surface area contributed by atoms with Crippen LogP contribution in [0.4, 0.5) is 4.79 Å². The average Bonchev–Trinajstić information content (AvgIpc) is 2.56. The van der Waals surface area contributed by atoms with Crippen molar-refractivity contribution in [2.75, 3.05) is 13.1 Å². The van der Waals surface area contributed by atoms with E-state index < -0.39 is 17.9 Å². The summed E-state index contributed by atoms with van der Waals surface area (Å²) in [6.07, 6.45) is 1.51. The monoisotopic (exact) mass is 240 g/mol. The van der Waals surface area contributed by atoms with Gasteiger partial charge < -0.3 is 10.0 Å². The van der Waals surface area contributed by atoms with Crippen LogP contribution in [0.5, 0.6) is 0 Å². The first kappa shape index (κ1) is 13.2. The molecule has 0 aromatic carbocycles. The van der Waals surface area contributed by atoms with Crippen molar-refractivity contribution in [2.45, 2.75) is 13.8 Å². The lowest BCUT2D eigenvalue weighted by atomic mass is 10.0. The predicted octanol–water partition coefficient (Wildman–Crippen LogP) is 0.451. The molecule has 1 saturated heterocycles. The Bertz CT molecular complexity index is 354. The Labute approximate surface area is 99.3 Å². The zero-order chi connectivity index (χ0) is 13.0. The van der Waals surface area contributed by atoms with Crippen LogP contribution in [0.3, 0.4) is 0 Å². The van der Waals surface area contributed by atoms with E-state index in [2.05, 4.69) is 5.32 Å². The van der Waals surface area contributed by atoms with Gasteiger partial charge >= 0.3 is 12.0 Å². The number of hydrogen-bond acceptors (Lipinski definition) is 3. The Kier molecular flexibility index (Phi) is 4.25. The lowest BCUT2D eigenvalue weighted by Gasteiger charge is -2.15. The molecule has 0 bridgehead atoms. The van der Waals surface area contributed by atoms with E-state index >= 15 is 0 Å². The number of likely N-dealkylation sites (tertiary alicyclic amines) is 1. The molecular weight excluding hydrogens is 224 g/mol. The molecule has 6 nitrogen and oxygen atoms in total. The zero-order valence-corrected chi connectivity index (χ0v) is 9.84. The fraction of sp³-hybridized carbons (Fsp3) is 0.545. The summed E-state index contributed by atoms with van der Waals surface area (Å²) < 4.78 is 0. The molecule has 0 spiro atoms. The standard InChI is InChI=1S/C11H16N2O4/c1-7-5-13(6-8(7)2)11(17)12-9(14)3-4-10(15)16/h3-4,7-8H,5-6H2,1-2H3,(H,15,16)(H,12,14,17). The lowest BCUT2D eigenvalue weighted by molar-refractivity contribution is -0.131. The number of nitrogens with one attached hydrogen (secondary N) is 1. The molecule has 17 heavy (non-hydrogen) atoms. The normalized spacial score (nSPS) is 24.0. The number of rotatable bonds is 2. The minimum Gasteiger partial charge on any atom is -0.478 e. The third-order valence-electron chi connectivity index (χ3n) is 2.88. The van der Waals surface area contributed by atoms with Gasteiger partial charge in [-0.2, -0.15) is 0 Å².